The van der Waals surface area contributed by atoms with Crippen LogP contribution in [0.2, 0.25) is 0 Å². The van der Waals surface area contributed by atoms with E-state index in [1.165, 1.54) is 20.5 Å². The molecule has 1 aromatic carbocycles. The van der Waals surface area contributed by atoms with Crippen LogP contribution in [0.1, 0.15) is 29.8 Å². The van der Waals surface area contributed by atoms with E-state index >= 15 is 0 Å². The zero-order chi connectivity index (χ0) is 13.5. The van der Waals surface area contributed by atoms with Crippen molar-refractivity contribution >= 4 is 22.6 Å². The Hall–Kier alpha value is -0.880. The molecule has 0 atom stereocenters. The molecule has 0 fully saturated rings. The van der Waals surface area contributed by atoms with E-state index in [2.05, 4.69) is 63.7 Å². The number of hydrogen-bond acceptors (Lipinski definition) is 2. The number of aromatic amines is 1. The summed E-state index contributed by atoms with van der Waals surface area (Å²) >= 11 is 2.31. The number of H-pyrrole nitrogens is 1. The lowest BCUT2D eigenvalue weighted by Crippen LogP contribution is -1.97. The molecule has 0 saturated carbocycles. The van der Waals surface area contributed by atoms with Gasteiger partial charge in [-0.05, 0) is 66.5 Å². The predicted molar refractivity (Wildman–Crippen MR) is 85.1 cm³/mol. The van der Waals surface area contributed by atoms with Crippen molar-refractivity contribution in [3.05, 3.63) is 51.1 Å². The fraction of sp³-hybridized carbons (Fsp3) is 0.400. The molecule has 0 aliphatic heterocycles. The third-order valence-corrected chi connectivity index (χ3v) is 3.79. The molecule has 0 spiro atoms. The molecule has 4 heteroatoms. The van der Waals surface area contributed by atoms with Crippen molar-refractivity contribution in [2.75, 3.05) is 6.61 Å². The van der Waals surface area contributed by atoms with E-state index in [1.807, 2.05) is 0 Å². The van der Waals surface area contributed by atoms with Crippen LogP contribution in [-0.2, 0) is 17.8 Å². The van der Waals surface area contributed by atoms with Crippen LogP contribution in [0.3, 0.4) is 0 Å². The van der Waals surface area contributed by atoms with E-state index in [9.17, 15) is 0 Å². The minimum absolute atomic E-state index is 0.707. The van der Waals surface area contributed by atoms with Crippen molar-refractivity contribution in [2.24, 2.45) is 0 Å². The van der Waals surface area contributed by atoms with Crippen molar-refractivity contribution in [1.82, 2.24) is 9.97 Å². The summed E-state index contributed by atoms with van der Waals surface area (Å²) in [5.41, 5.74) is 3.60. The van der Waals surface area contributed by atoms with Gasteiger partial charge in [-0.25, -0.2) is 4.98 Å². The molecular weight excluding hydrogens is 351 g/mol. The average Bonchev–Trinajstić information content (AvgIpc) is 2.81. The highest BCUT2D eigenvalue weighted by Gasteiger charge is 2.00. The van der Waals surface area contributed by atoms with Crippen LogP contribution in [0.5, 0.6) is 0 Å². The SMILES string of the molecule is Cc1[nH]cnc1CCCCOCc1ccc(I)cc1. The number of aromatic nitrogens is 2. The molecule has 0 aliphatic rings. The van der Waals surface area contributed by atoms with Gasteiger partial charge in [-0.1, -0.05) is 12.1 Å². The van der Waals surface area contributed by atoms with Crippen LogP contribution in [0.25, 0.3) is 0 Å². The molecule has 1 aromatic heterocycles. The van der Waals surface area contributed by atoms with Gasteiger partial charge >= 0.3 is 0 Å². The highest BCUT2D eigenvalue weighted by atomic mass is 127. The number of imidazole rings is 1. The average molecular weight is 370 g/mol. The lowest BCUT2D eigenvalue weighted by Gasteiger charge is -2.04. The van der Waals surface area contributed by atoms with Crippen LogP contribution in [-0.4, -0.2) is 16.6 Å². The minimum Gasteiger partial charge on any atom is -0.377 e. The third-order valence-electron chi connectivity index (χ3n) is 3.07. The molecule has 0 bridgehead atoms. The maximum absolute atomic E-state index is 5.68. The number of nitrogens with one attached hydrogen (secondary N) is 1. The molecule has 0 unspecified atom stereocenters. The number of aryl methyl sites for hydroxylation is 2. The normalized spacial score (nSPS) is 10.8. The molecule has 0 radical (unpaired) electrons. The number of benzene rings is 1. The Morgan fingerprint density at radius 2 is 2.00 bits per heavy atom. The van der Waals surface area contributed by atoms with Crippen molar-refractivity contribution in [3.63, 3.8) is 0 Å². The number of nitrogens with zero attached hydrogens (tertiary/aromatic N) is 1. The number of rotatable bonds is 7. The van der Waals surface area contributed by atoms with Crippen LogP contribution in [0, 0.1) is 10.5 Å². The van der Waals surface area contributed by atoms with Gasteiger partial charge in [-0.2, -0.15) is 0 Å². The van der Waals surface area contributed by atoms with Gasteiger partial charge in [0.05, 0.1) is 18.6 Å². The lowest BCUT2D eigenvalue weighted by molar-refractivity contribution is 0.117. The molecule has 0 aliphatic carbocycles. The Labute approximate surface area is 127 Å². The molecule has 3 nitrogen and oxygen atoms in total. The van der Waals surface area contributed by atoms with Gasteiger partial charge in [-0.3, -0.25) is 0 Å². The summed E-state index contributed by atoms with van der Waals surface area (Å²) in [6.07, 6.45) is 5.00. The van der Waals surface area contributed by atoms with Gasteiger partial charge in [0.1, 0.15) is 0 Å². The van der Waals surface area contributed by atoms with Gasteiger partial charge in [0, 0.05) is 15.9 Å². The summed E-state index contributed by atoms with van der Waals surface area (Å²) in [6.45, 7) is 3.59. The summed E-state index contributed by atoms with van der Waals surface area (Å²) in [5, 5.41) is 0. The quantitative estimate of drug-likeness (QED) is 0.594. The van der Waals surface area contributed by atoms with Crippen molar-refractivity contribution in [2.45, 2.75) is 32.8 Å². The molecule has 1 N–H and O–H groups in total. The first-order valence-electron chi connectivity index (χ1n) is 6.57. The van der Waals surface area contributed by atoms with E-state index in [-0.39, 0.29) is 0 Å². The molecule has 1 heterocycles. The van der Waals surface area contributed by atoms with Crippen molar-refractivity contribution in [1.29, 1.82) is 0 Å². The van der Waals surface area contributed by atoms with Crippen molar-refractivity contribution in [3.8, 4) is 0 Å². The Morgan fingerprint density at radius 3 is 2.68 bits per heavy atom. The summed E-state index contributed by atoms with van der Waals surface area (Å²) in [6, 6.07) is 8.46. The van der Waals surface area contributed by atoms with Gasteiger partial charge in [0.15, 0.2) is 0 Å². The monoisotopic (exact) mass is 370 g/mol. The predicted octanol–water partition coefficient (Wildman–Crippen LogP) is 3.86. The van der Waals surface area contributed by atoms with E-state index in [0.717, 1.165) is 25.9 Å². The number of hydrogen-bond donors (Lipinski definition) is 1. The van der Waals surface area contributed by atoms with Crippen LogP contribution in [0.4, 0.5) is 0 Å². The molecule has 19 heavy (non-hydrogen) atoms. The molecule has 2 aromatic rings. The van der Waals surface area contributed by atoms with Gasteiger partial charge in [-0.15, -0.1) is 0 Å². The molecule has 0 amide bonds. The molecular formula is C15H19IN2O. The fourth-order valence-electron chi connectivity index (χ4n) is 1.91. The second-order valence-corrected chi connectivity index (χ2v) is 5.86. The zero-order valence-electron chi connectivity index (χ0n) is 11.2. The lowest BCUT2D eigenvalue weighted by atomic mass is 10.2. The largest absolute Gasteiger partial charge is 0.377 e. The van der Waals surface area contributed by atoms with Gasteiger partial charge in [0.25, 0.3) is 0 Å². The summed E-state index contributed by atoms with van der Waals surface area (Å²) in [5.74, 6) is 0. The zero-order valence-corrected chi connectivity index (χ0v) is 13.3. The Bertz CT molecular complexity index is 493. The van der Waals surface area contributed by atoms with E-state index < -0.39 is 0 Å². The van der Waals surface area contributed by atoms with Gasteiger partial charge in [0.2, 0.25) is 0 Å². The number of halogens is 1. The van der Waals surface area contributed by atoms with E-state index in [0.29, 0.717) is 6.61 Å². The molecule has 0 saturated heterocycles. The maximum Gasteiger partial charge on any atom is 0.0925 e. The molecule has 2 rings (SSSR count). The smallest absolute Gasteiger partial charge is 0.0925 e. The molecule has 102 valence electrons. The first-order valence-corrected chi connectivity index (χ1v) is 7.64. The van der Waals surface area contributed by atoms with E-state index in [1.54, 1.807) is 6.33 Å². The number of ether oxygens (including phenoxy) is 1. The highest BCUT2D eigenvalue weighted by molar-refractivity contribution is 14.1. The second-order valence-electron chi connectivity index (χ2n) is 4.61. The first-order chi connectivity index (χ1) is 9.25. The summed E-state index contributed by atoms with van der Waals surface area (Å²) in [4.78, 5) is 7.40. The van der Waals surface area contributed by atoms with Crippen molar-refractivity contribution < 1.29 is 4.74 Å². The van der Waals surface area contributed by atoms with Gasteiger partial charge < -0.3 is 9.72 Å². The topological polar surface area (TPSA) is 37.9 Å². The third kappa shape index (κ3) is 4.95. The van der Waals surface area contributed by atoms with E-state index in [4.69, 9.17) is 4.74 Å². The maximum atomic E-state index is 5.68. The summed E-state index contributed by atoms with van der Waals surface area (Å²) < 4.78 is 6.94. The highest BCUT2D eigenvalue weighted by Crippen LogP contribution is 2.09. The standard InChI is InChI=1S/C15H19IN2O/c1-12-15(18-11-17-12)4-2-3-9-19-10-13-5-7-14(16)8-6-13/h5-8,11H,2-4,9-10H2,1H3,(H,17,18). The van der Waals surface area contributed by atoms with Crippen LogP contribution in [0.15, 0.2) is 30.6 Å². The first kappa shape index (κ1) is 14.5. The fourth-order valence-corrected chi connectivity index (χ4v) is 2.27. The second kappa shape index (κ2) is 7.65. The Morgan fingerprint density at radius 1 is 1.21 bits per heavy atom. The number of unbranched alkanes of at least 4 members (excludes halogenated alkanes) is 1. The summed E-state index contributed by atoms with van der Waals surface area (Å²) in [7, 11) is 0. The van der Waals surface area contributed by atoms with Crippen LogP contribution >= 0.6 is 22.6 Å². The Balaban J connectivity index is 1.57. The Kier molecular flexibility index (Phi) is 5.85. The van der Waals surface area contributed by atoms with Crippen LogP contribution < -0.4 is 0 Å². The minimum atomic E-state index is 0.707.